The third-order valence-electron chi connectivity index (χ3n) is 2.09. The Morgan fingerprint density at radius 2 is 1.89 bits per heavy atom. The minimum Gasteiger partial charge on any atom is -0.508 e. The fourth-order valence-corrected chi connectivity index (χ4v) is 1.28. The lowest BCUT2D eigenvalue weighted by Crippen LogP contribution is -2.14. The maximum Gasteiger partial charge on any atom is 0.362 e. The minimum atomic E-state index is -1.33. The molecule has 18 heavy (non-hydrogen) atoms. The summed E-state index contributed by atoms with van der Waals surface area (Å²) < 4.78 is 4.92. The number of hydrogen-bond acceptors (Lipinski definition) is 5. The molecule has 0 unspecified atom stereocenters. The van der Waals surface area contributed by atoms with E-state index in [2.05, 4.69) is 9.97 Å². The van der Waals surface area contributed by atoms with E-state index in [1.165, 1.54) is 24.3 Å². The molecule has 0 aliphatic carbocycles. The summed E-state index contributed by atoms with van der Waals surface area (Å²) in [6.07, 6.45) is 1.09. The Kier molecular flexibility index (Phi) is 2.96. The number of imidazole rings is 1. The Morgan fingerprint density at radius 3 is 2.50 bits per heavy atom. The molecule has 92 valence electrons. The fraction of sp³-hybridized carbons (Fsp3) is 0. The van der Waals surface area contributed by atoms with E-state index >= 15 is 0 Å². The Bertz CT molecular complexity index is 588. The molecule has 0 aliphatic rings. The van der Waals surface area contributed by atoms with Crippen LogP contribution in [0.4, 0.5) is 0 Å². The van der Waals surface area contributed by atoms with Crippen molar-refractivity contribution < 1.29 is 24.5 Å². The number of carbonyl (C=O) groups is 2. The topological polar surface area (TPSA) is 113 Å². The predicted octanol–water partition coefficient (Wildman–Crippen LogP) is 1.03. The molecule has 1 heterocycles. The molecule has 0 bridgehead atoms. The standard InChI is InChI=1S/C11H8N2O5/c14-6-1-3-7(4-2-6)18-11(17)9-8(10(15)16)12-5-13-9/h1-5,14H,(H,12,13)(H,15,16). The summed E-state index contributed by atoms with van der Waals surface area (Å²) in [5, 5.41) is 17.8. The monoisotopic (exact) mass is 248 g/mol. The molecule has 7 heteroatoms. The summed E-state index contributed by atoms with van der Waals surface area (Å²) in [4.78, 5) is 28.3. The average molecular weight is 248 g/mol. The highest BCUT2D eigenvalue weighted by Gasteiger charge is 2.21. The number of aromatic carboxylic acids is 1. The van der Waals surface area contributed by atoms with Crippen molar-refractivity contribution in [1.29, 1.82) is 0 Å². The Balaban J connectivity index is 2.19. The van der Waals surface area contributed by atoms with Gasteiger partial charge in [0.05, 0.1) is 6.33 Å². The second-order valence-corrected chi connectivity index (χ2v) is 3.31. The number of aromatic hydroxyl groups is 1. The van der Waals surface area contributed by atoms with Crippen LogP contribution >= 0.6 is 0 Å². The number of ether oxygens (including phenoxy) is 1. The molecule has 0 amide bonds. The zero-order valence-corrected chi connectivity index (χ0v) is 8.95. The number of nitrogens with one attached hydrogen (secondary N) is 1. The molecule has 0 aliphatic heterocycles. The Morgan fingerprint density at radius 1 is 1.22 bits per heavy atom. The number of hydrogen-bond donors (Lipinski definition) is 3. The van der Waals surface area contributed by atoms with E-state index in [4.69, 9.17) is 14.9 Å². The van der Waals surface area contributed by atoms with Gasteiger partial charge in [0.2, 0.25) is 0 Å². The van der Waals surface area contributed by atoms with Crippen LogP contribution in [-0.4, -0.2) is 32.1 Å². The maximum atomic E-state index is 11.7. The van der Waals surface area contributed by atoms with Gasteiger partial charge >= 0.3 is 11.9 Å². The van der Waals surface area contributed by atoms with Crippen molar-refractivity contribution in [2.24, 2.45) is 0 Å². The van der Waals surface area contributed by atoms with Gasteiger partial charge in [0.1, 0.15) is 11.5 Å². The average Bonchev–Trinajstić information content (AvgIpc) is 2.81. The van der Waals surface area contributed by atoms with E-state index in [0.717, 1.165) is 6.33 Å². The first-order chi connectivity index (χ1) is 8.58. The fourth-order valence-electron chi connectivity index (χ4n) is 1.28. The Labute approximate surface area is 101 Å². The smallest absolute Gasteiger partial charge is 0.362 e. The Hall–Kier alpha value is -2.83. The molecule has 0 saturated heterocycles. The molecule has 0 radical (unpaired) electrons. The lowest BCUT2D eigenvalue weighted by atomic mass is 10.3. The van der Waals surface area contributed by atoms with Crippen LogP contribution < -0.4 is 4.74 Å². The lowest BCUT2D eigenvalue weighted by Gasteiger charge is -2.03. The van der Waals surface area contributed by atoms with Gasteiger partial charge in [-0.05, 0) is 24.3 Å². The number of aromatic amines is 1. The van der Waals surface area contributed by atoms with Gasteiger partial charge in [-0.3, -0.25) is 0 Å². The van der Waals surface area contributed by atoms with Gasteiger partial charge in [-0.25, -0.2) is 14.6 Å². The van der Waals surface area contributed by atoms with E-state index in [1.807, 2.05) is 0 Å². The van der Waals surface area contributed by atoms with Gasteiger partial charge in [0, 0.05) is 0 Å². The molecule has 0 saturated carbocycles. The van der Waals surface area contributed by atoms with Crippen molar-refractivity contribution in [3.05, 3.63) is 42.0 Å². The first kappa shape index (κ1) is 11.6. The van der Waals surface area contributed by atoms with Crippen LogP contribution in [0.3, 0.4) is 0 Å². The number of phenols is 1. The largest absolute Gasteiger partial charge is 0.508 e. The summed E-state index contributed by atoms with van der Waals surface area (Å²) in [6.45, 7) is 0. The number of nitrogens with zero attached hydrogens (tertiary/aromatic N) is 1. The van der Waals surface area contributed by atoms with Crippen molar-refractivity contribution in [1.82, 2.24) is 9.97 Å². The summed E-state index contributed by atoms with van der Waals surface area (Å²) in [7, 11) is 0. The van der Waals surface area contributed by atoms with Crippen LogP contribution in [0.5, 0.6) is 11.5 Å². The van der Waals surface area contributed by atoms with Gasteiger partial charge in [0.25, 0.3) is 0 Å². The molecular formula is C11H8N2O5. The minimum absolute atomic E-state index is 0.0302. The molecule has 0 fully saturated rings. The van der Waals surface area contributed by atoms with Crippen LogP contribution in [0.2, 0.25) is 0 Å². The van der Waals surface area contributed by atoms with E-state index in [1.54, 1.807) is 0 Å². The SMILES string of the molecule is O=C(O)c1nc[nH]c1C(=O)Oc1ccc(O)cc1. The molecule has 7 nitrogen and oxygen atoms in total. The van der Waals surface area contributed by atoms with Crippen molar-refractivity contribution in [2.45, 2.75) is 0 Å². The normalized spacial score (nSPS) is 10.0. The molecular weight excluding hydrogens is 240 g/mol. The number of esters is 1. The molecule has 3 N–H and O–H groups in total. The third kappa shape index (κ3) is 2.29. The van der Waals surface area contributed by atoms with Gasteiger partial charge in [0.15, 0.2) is 11.4 Å². The first-order valence-electron chi connectivity index (χ1n) is 4.86. The number of aromatic nitrogens is 2. The second kappa shape index (κ2) is 4.58. The quantitative estimate of drug-likeness (QED) is 0.552. The van der Waals surface area contributed by atoms with E-state index in [-0.39, 0.29) is 17.2 Å². The van der Waals surface area contributed by atoms with E-state index in [9.17, 15) is 9.59 Å². The maximum absolute atomic E-state index is 11.7. The number of carbonyl (C=O) groups excluding carboxylic acids is 1. The number of benzene rings is 1. The number of H-pyrrole nitrogens is 1. The molecule has 1 aromatic carbocycles. The van der Waals surface area contributed by atoms with Crippen LogP contribution in [0.1, 0.15) is 21.0 Å². The summed E-state index contributed by atoms with van der Waals surface area (Å²) in [5.74, 6) is -1.98. The van der Waals surface area contributed by atoms with Crippen LogP contribution in [-0.2, 0) is 0 Å². The number of carboxylic acids is 1. The molecule has 1 aromatic heterocycles. The number of rotatable bonds is 3. The van der Waals surface area contributed by atoms with Gasteiger partial charge in [-0.1, -0.05) is 0 Å². The summed E-state index contributed by atoms with van der Waals surface area (Å²) in [5.41, 5.74) is -0.644. The first-order valence-corrected chi connectivity index (χ1v) is 4.86. The highest BCUT2D eigenvalue weighted by molar-refractivity contribution is 6.00. The van der Waals surface area contributed by atoms with Crippen molar-refractivity contribution >= 4 is 11.9 Å². The van der Waals surface area contributed by atoms with E-state index < -0.39 is 17.6 Å². The predicted molar refractivity (Wildman–Crippen MR) is 58.6 cm³/mol. The molecule has 0 atom stereocenters. The number of phenolic OH excluding ortho intramolecular Hbond substituents is 1. The highest BCUT2D eigenvalue weighted by Crippen LogP contribution is 2.17. The molecule has 0 spiro atoms. The van der Waals surface area contributed by atoms with Gasteiger partial charge < -0.3 is 19.9 Å². The third-order valence-corrected chi connectivity index (χ3v) is 2.09. The number of carboxylic acid groups (broad SMARTS) is 1. The molecule has 2 rings (SSSR count). The summed E-state index contributed by atoms with van der Waals surface area (Å²) >= 11 is 0. The molecule has 2 aromatic rings. The second-order valence-electron chi connectivity index (χ2n) is 3.31. The van der Waals surface area contributed by atoms with Crippen molar-refractivity contribution in [3.63, 3.8) is 0 Å². The van der Waals surface area contributed by atoms with E-state index in [0.29, 0.717) is 0 Å². The van der Waals surface area contributed by atoms with Crippen LogP contribution in [0.15, 0.2) is 30.6 Å². The summed E-state index contributed by atoms with van der Waals surface area (Å²) in [6, 6.07) is 5.44. The zero-order chi connectivity index (χ0) is 13.1. The van der Waals surface area contributed by atoms with Crippen LogP contribution in [0, 0.1) is 0 Å². The van der Waals surface area contributed by atoms with Gasteiger partial charge in [-0.2, -0.15) is 0 Å². The lowest BCUT2D eigenvalue weighted by molar-refractivity contribution is 0.0661. The van der Waals surface area contributed by atoms with Crippen molar-refractivity contribution in [2.75, 3.05) is 0 Å². The highest BCUT2D eigenvalue weighted by atomic mass is 16.5. The van der Waals surface area contributed by atoms with Gasteiger partial charge in [-0.15, -0.1) is 0 Å². The zero-order valence-electron chi connectivity index (χ0n) is 8.95. The van der Waals surface area contributed by atoms with Crippen LogP contribution in [0.25, 0.3) is 0 Å². The van der Waals surface area contributed by atoms with Crippen molar-refractivity contribution in [3.8, 4) is 11.5 Å².